The predicted molar refractivity (Wildman–Crippen MR) is 120 cm³/mol. The van der Waals surface area contributed by atoms with Crippen molar-refractivity contribution in [1.29, 1.82) is 0 Å². The summed E-state index contributed by atoms with van der Waals surface area (Å²) in [6, 6.07) is 18.1. The van der Waals surface area contributed by atoms with Crippen LogP contribution in [0, 0.1) is 0 Å². The van der Waals surface area contributed by atoms with Crippen LogP contribution in [0.15, 0.2) is 59.8 Å². The number of aromatic nitrogens is 2. The summed E-state index contributed by atoms with van der Waals surface area (Å²) in [5.74, 6) is 0.478. The number of thioether (sulfide) groups is 1. The summed E-state index contributed by atoms with van der Waals surface area (Å²) in [5.41, 5.74) is 3.06. The number of halogens is 1. The third kappa shape index (κ3) is 4.93. The standard InChI is InChI=1S/C21H25N3OS.BrH/c1-4-14-23-19-13-9-8-12-18(19)22-21(23)26-15-20(25)24(16(2)3)17-10-6-5-7-11-17;/h5-13,16H,4,14-15H2,1-3H3;1H. The molecule has 0 aliphatic rings. The molecule has 0 bridgehead atoms. The second kappa shape index (κ2) is 9.95. The van der Waals surface area contributed by atoms with Crippen LogP contribution in [0.5, 0.6) is 0 Å². The Kier molecular flexibility index (Phi) is 7.92. The summed E-state index contributed by atoms with van der Waals surface area (Å²) in [4.78, 5) is 19.5. The van der Waals surface area contributed by atoms with Crippen molar-refractivity contribution in [3.63, 3.8) is 0 Å². The van der Waals surface area contributed by atoms with Crippen LogP contribution in [0.2, 0.25) is 0 Å². The van der Waals surface area contributed by atoms with Gasteiger partial charge in [0.25, 0.3) is 0 Å². The molecule has 3 aromatic rings. The van der Waals surface area contributed by atoms with E-state index in [0.717, 1.165) is 34.8 Å². The van der Waals surface area contributed by atoms with E-state index >= 15 is 0 Å². The van der Waals surface area contributed by atoms with Gasteiger partial charge in [0.05, 0.1) is 16.8 Å². The number of nitrogens with zero attached hydrogens (tertiary/aromatic N) is 3. The van der Waals surface area contributed by atoms with Crippen molar-refractivity contribution in [2.24, 2.45) is 0 Å². The topological polar surface area (TPSA) is 38.1 Å². The molecule has 0 aliphatic carbocycles. The maximum absolute atomic E-state index is 12.9. The van der Waals surface area contributed by atoms with Gasteiger partial charge in [-0.25, -0.2) is 4.98 Å². The Bertz CT molecular complexity index is 880. The molecule has 2 aromatic carbocycles. The van der Waals surface area contributed by atoms with Crippen LogP contribution in [-0.4, -0.2) is 27.3 Å². The van der Waals surface area contributed by atoms with E-state index in [0.29, 0.717) is 5.75 Å². The molecule has 0 aliphatic heterocycles. The first-order valence-electron chi connectivity index (χ1n) is 9.07. The first-order valence-corrected chi connectivity index (χ1v) is 10.1. The van der Waals surface area contributed by atoms with Crippen LogP contribution in [0.25, 0.3) is 11.0 Å². The summed E-state index contributed by atoms with van der Waals surface area (Å²) in [6.45, 7) is 7.15. The van der Waals surface area contributed by atoms with Gasteiger partial charge in [0, 0.05) is 18.3 Å². The lowest BCUT2D eigenvalue weighted by molar-refractivity contribution is -0.116. The molecule has 1 aromatic heterocycles. The fourth-order valence-electron chi connectivity index (χ4n) is 3.12. The van der Waals surface area contributed by atoms with Crippen molar-refractivity contribution >= 4 is 51.4 Å². The Morgan fingerprint density at radius 3 is 2.44 bits per heavy atom. The fourth-order valence-corrected chi connectivity index (χ4v) is 4.02. The van der Waals surface area contributed by atoms with Gasteiger partial charge >= 0.3 is 0 Å². The largest absolute Gasteiger partial charge is 0.319 e. The maximum atomic E-state index is 12.9. The number of amides is 1. The average molecular weight is 448 g/mol. The van der Waals surface area contributed by atoms with Crippen molar-refractivity contribution in [3.8, 4) is 0 Å². The number of aryl methyl sites for hydroxylation is 1. The van der Waals surface area contributed by atoms with Crippen molar-refractivity contribution < 1.29 is 4.79 Å². The van der Waals surface area contributed by atoms with E-state index in [-0.39, 0.29) is 28.9 Å². The van der Waals surface area contributed by atoms with Crippen LogP contribution < -0.4 is 4.90 Å². The molecule has 0 unspecified atom stereocenters. The minimum absolute atomic E-state index is 0. The molecule has 27 heavy (non-hydrogen) atoms. The monoisotopic (exact) mass is 447 g/mol. The molecule has 144 valence electrons. The van der Waals surface area contributed by atoms with Crippen LogP contribution in [-0.2, 0) is 11.3 Å². The molecule has 0 radical (unpaired) electrons. The van der Waals surface area contributed by atoms with E-state index in [9.17, 15) is 4.79 Å². The third-order valence-electron chi connectivity index (χ3n) is 4.21. The van der Waals surface area contributed by atoms with E-state index in [1.165, 1.54) is 11.8 Å². The molecule has 6 heteroatoms. The van der Waals surface area contributed by atoms with Gasteiger partial charge in [-0.2, -0.15) is 0 Å². The summed E-state index contributed by atoms with van der Waals surface area (Å²) >= 11 is 1.52. The molecule has 1 heterocycles. The quantitative estimate of drug-likeness (QED) is 0.445. The molecular formula is C21H26BrN3OS. The van der Waals surface area contributed by atoms with Crippen LogP contribution >= 0.6 is 28.7 Å². The number of carbonyl (C=O) groups is 1. The number of fused-ring (bicyclic) bond motifs is 1. The highest BCUT2D eigenvalue weighted by atomic mass is 79.9. The molecule has 0 saturated heterocycles. The number of para-hydroxylation sites is 3. The normalized spacial score (nSPS) is 10.8. The Hall–Kier alpha value is -1.79. The van der Waals surface area contributed by atoms with Gasteiger partial charge in [-0.15, -0.1) is 17.0 Å². The minimum Gasteiger partial charge on any atom is -0.319 e. The van der Waals surface area contributed by atoms with Gasteiger partial charge < -0.3 is 9.47 Å². The van der Waals surface area contributed by atoms with Crippen LogP contribution in [0.4, 0.5) is 5.69 Å². The highest BCUT2D eigenvalue weighted by Crippen LogP contribution is 2.26. The molecule has 0 spiro atoms. The third-order valence-corrected chi connectivity index (χ3v) is 5.17. The van der Waals surface area contributed by atoms with Gasteiger partial charge in [-0.3, -0.25) is 4.79 Å². The molecule has 4 nitrogen and oxygen atoms in total. The first-order chi connectivity index (χ1) is 12.6. The summed E-state index contributed by atoms with van der Waals surface area (Å²) < 4.78 is 2.22. The smallest absolute Gasteiger partial charge is 0.237 e. The highest BCUT2D eigenvalue weighted by Gasteiger charge is 2.20. The van der Waals surface area contributed by atoms with Crippen molar-refractivity contribution in [2.45, 2.75) is 44.9 Å². The van der Waals surface area contributed by atoms with Crippen LogP contribution in [0.3, 0.4) is 0 Å². The van der Waals surface area contributed by atoms with E-state index in [1.54, 1.807) is 0 Å². The number of hydrogen-bond acceptors (Lipinski definition) is 3. The zero-order valence-electron chi connectivity index (χ0n) is 16.0. The summed E-state index contributed by atoms with van der Waals surface area (Å²) in [5, 5.41) is 0.915. The zero-order valence-corrected chi connectivity index (χ0v) is 18.5. The number of hydrogen-bond donors (Lipinski definition) is 0. The summed E-state index contributed by atoms with van der Waals surface area (Å²) in [6.07, 6.45) is 1.03. The fraction of sp³-hybridized carbons (Fsp3) is 0.333. The van der Waals surface area contributed by atoms with Gasteiger partial charge in [-0.1, -0.05) is 49.0 Å². The molecule has 0 N–H and O–H groups in total. The molecule has 3 rings (SSSR count). The number of imidazole rings is 1. The minimum atomic E-state index is 0. The number of anilines is 1. The highest BCUT2D eigenvalue weighted by molar-refractivity contribution is 8.93. The molecule has 1 amide bonds. The van der Waals surface area contributed by atoms with E-state index in [1.807, 2.05) is 67.3 Å². The van der Waals surface area contributed by atoms with Crippen molar-refractivity contribution in [2.75, 3.05) is 10.7 Å². The number of rotatable bonds is 7. The lowest BCUT2D eigenvalue weighted by Gasteiger charge is -2.26. The zero-order chi connectivity index (χ0) is 18.5. The second-order valence-electron chi connectivity index (χ2n) is 6.52. The molecule has 0 saturated carbocycles. The van der Waals surface area contributed by atoms with Gasteiger partial charge in [0.2, 0.25) is 5.91 Å². The van der Waals surface area contributed by atoms with Crippen LogP contribution in [0.1, 0.15) is 27.2 Å². The SMILES string of the molecule is Br.CCCn1c(SCC(=O)N(c2ccccc2)C(C)C)nc2ccccc21. The number of benzene rings is 2. The Morgan fingerprint density at radius 2 is 1.78 bits per heavy atom. The predicted octanol–water partition coefficient (Wildman–Crippen LogP) is 5.56. The first kappa shape index (κ1) is 21.5. The average Bonchev–Trinajstić information content (AvgIpc) is 2.99. The Labute approximate surface area is 175 Å². The molecular weight excluding hydrogens is 422 g/mol. The van der Waals surface area contributed by atoms with Gasteiger partial charge in [-0.05, 0) is 44.5 Å². The Balaban J connectivity index is 0.00000261. The van der Waals surface area contributed by atoms with E-state index in [4.69, 9.17) is 4.98 Å². The molecule has 0 atom stereocenters. The van der Waals surface area contributed by atoms with Gasteiger partial charge in [0.15, 0.2) is 5.16 Å². The van der Waals surface area contributed by atoms with Crippen molar-refractivity contribution in [3.05, 3.63) is 54.6 Å². The second-order valence-corrected chi connectivity index (χ2v) is 7.46. The van der Waals surface area contributed by atoms with E-state index < -0.39 is 0 Å². The Morgan fingerprint density at radius 1 is 1.11 bits per heavy atom. The van der Waals surface area contributed by atoms with Crippen molar-refractivity contribution in [1.82, 2.24) is 9.55 Å². The maximum Gasteiger partial charge on any atom is 0.237 e. The molecule has 0 fully saturated rings. The summed E-state index contributed by atoms with van der Waals surface area (Å²) in [7, 11) is 0. The lowest BCUT2D eigenvalue weighted by atomic mass is 10.2. The number of carbonyl (C=O) groups excluding carboxylic acids is 1. The van der Waals surface area contributed by atoms with Gasteiger partial charge in [0.1, 0.15) is 0 Å². The lowest BCUT2D eigenvalue weighted by Crippen LogP contribution is -2.38. The van der Waals surface area contributed by atoms with E-state index in [2.05, 4.69) is 17.6 Å².